The van der Waals surface area contributed by atoms with Crippen LogP contribution in [0.2, 0.25) is 0 Å². The van der Waals surface area contributed by atoms with E-state index >= 15 is 0 Å². The van der Waals surface area contributed by atoms with E-state index in [1.54, 1.807) is 44.9 Å². The van der Waals surface area contributed by atoms with Crippen molar-refractivity contribution in [2.24, 2.45) is 0 Å². The summed E-state index contributed by atoms with van der Waals surface area (Å²) < 4.78 is 10.9. The lowest BCUT2D eigenvalue weighted by Crippen LogP contribution is -2.29. The standard InChI is InChI=1S/C23H24N4O3/c1-15-25-10-8-20(26-15)19-14-27(23(28)17-5-4-9-24-12-17)13-18(19)16-6-7-21(29-2)22(11-16)30-3/h4-12,18-19H,13-14H2,1-3H3/t18-,19+/m0/s1. The molecule has 0 N–H and O–H groups in total. The highest BCUT2D eigenvalue weighted by molar-refractivity contribution is 5.94. The van der Waals surface area contributed by atoms with Gasteiger partial charge >= 0.3 is 0 Å². The van der Waals surface area contributed by atoms with Crippen LogP contribution in [0.4, 0.5) is 0 Å². The third-order valence-corrected chi connectivity index (χ3v) is 5.53. The van der Waals surface area contributed by atoms with E-state index in [0.29, 0.717) is 30.2 Å². The Bertz CT molecular complexity index is 1040. The summed E-state index contributed by atoms with van der Waals surface area (Å²) in [5, 5.41) is 0. The Labute approximate surface area is 175 Å². The van der Waals surface area contributed by atoms with Gasteiger partial charge in [-0.2, -0.15) is 0 Å². The van der Waals surface area contributed by atoms with Crippen LogP contribution in [0.1, 0.15) is 39.3 Å². The number of likely N-dealkylation sites (tertiary alicyclic amines) is 1. The molecule has 3 aromatic rings. The number of benzene rings is 1. The highest BCUT2D eigenvalue weighted by Gasteiger charge is 2.38. The van der Waals surface area contributed by atoms with E-state index < -0.39 is 0 Å². The predicted octanol–water partition coefficient (Wildman–Crippen LogP) is 3.22. The van der Waals surface area contributed by atoms with Gasteiger partial charge in [-0.25, -0.2) is 9.97 Å². The fourth-order valence-corrected chi connectivity index (χ4v) is 4.04. The summed E-state index contributed by atoms with van der Waals surface area (Å²) in [6.45, 7) is 3.03. The smallest absolute Gasteiger partial charge is 0.255 e. The van der Waals surface area contributed by atoms with E-state index in [0.717, 1.165) is 17.1 Å². The summed E-state index contributed by atoms with van der Waals surface area (Å²) in [6, 6.07) is 11.4. The minimum absolute atomic E-state index is 0.0261. The molecule has 1 saturated heterocycles. The molecule has 7 nitrogen and oxygen atoms in total. The van der Waals surface area contributed by atoms with E-state index in [9.17, 15) is 4.79 Å². The van der Waals surface area contributed by atoms with Gasteiger partial charge in [-0.1, -0.05) is 6.07 Å². The van der Waals surface area contributed by atoms with Gasteiger partial charge in [0.2, 0.25) is 0 Å². The molecule has 1 amide bonds. The number of nitrogens with zero attached hydrogens (tertiary/aromatic N) is 4. The van der Waals surface area contributed by atoms with Crippen LogP contribution in [-0.2, 0) is 0 Å². The Balaban J connectivity index is 1.71. The fourth-order valence-electron chi connectivity index (χ4n) is 4.04. The number of carbonyl (C=O) groups excluding carboxylic acids is 1. The largest absolute Gasteiger partial charge is 0.493 e. The molecule has 0 saturated carbocycles. The number of aromatic nitrogens is 3. The molecular formula is C23H24N4O3. The maximum atomic E-state index is 13.1. The van der Waals surface area contributed by atoms with Crippen LogP contribution in [0, 0.1) is 6.92 Å². The maximum absolute atomic E-state index is 13.1. The molecule has 1 fully saturated rings. The molecule has 4 rings (SSSR count). The molecule has 2 aromatic heterocycles. The zero-order chi connectivity index (χ0) is 21.1. The van der Waals surface area contributed by atoms with Gasteiger partial charge in [-0.3, -0.25) is 9.78 Å². The van der Waals surface area contributed by atoms with Crippen molar-refractivity contribution >= 4 is 5.91 Å². The second-order valence-electron chi connectivity index (χ2n) is 7.31. The van der Waals surface area contributed by atoms with Gasteiger partial charge in [0.25, 0.3) is 5.91 Å². The summed E-state index contributed by atoms with van der Waals surface area (Å²) in [6.07, 6.45) is 5.05. The van der Waals surface area contributed by atoms with Crippen molar-refractivity contribution in [1.82, 2.24) is 19.9 Å². The number of rotatable bonds is 5. The molecular weight excluding hydrogens is 380 g/mol. The van der Waals surface area contributed by atoms with Crippen molar-refractivity contribution < 1.29 is 14.3 Å². The van der Waals surface area contributed by atoms with Crippen molar-refractivity contribution in [3.8, 4) is 11.5 Å². The highest BCUT2D eigenvalue weighted by atomic mass is 16.5. The molecule has 1 aliphatic heterocycles. The number of hydrogen-bond acceptors (Lipinski definition) is 6. The average molecular weight is 404 g/mol. The van der Waals surface area contributed by atoms with Crippen molar-refractivity contribution in [2.75, 3.05) is 27.3 Å². The summed E-state index contributed by atoms with van der Waals surface area (Å²) in [7, 11) is 3.24. The van der Waals surface area contributed by atoms with Crippen molar-refractivity contribution in [1.29, 1.82) is 0 Å². The number of pyridine rings is 1. The quantitative estimate of drug-likeness (QED) is 0.650. The second-order valence-corrected chi connectivity index (χ2v) is 7.31. The maximum Gasteiger partial charge on any atom is 0.255 e. The SMILES string of the molecule is COc1ccc([C@@H]2CN(C(=O)c3cccnc3)C[C@H]2c2ccnc(C)n2)cc1OC. The van der Waals surface area contributed by atoms with E-state index in [-0.39, 0.29) is 17.7 Å². The molecule has 7 heteroatoms. The second kappa shape index (κ2) is 8.49. The minimum atomic E-state index is -0.0261. The van der Waals surface area contributed by atoms with Crippen molar-refractivity contribution in [3.63, 3.8) is 0 Å². The first kappa shape index (κ1) is 19.8. The third kappa shape index (κ3) is 3.83. The molecule has 30 heavy (non-hydrogen) atoms. The minimum Gasteiger partial charge on any atom is -0.493 e. The third-order valence-electron chi connectivity index (χ3n) is 5.53. The van der Waals surface area contributed by atoms with Gasteiger partial charge < -0.3 is 14.4 Å². The highest BCUT2D eigenvalue weighted by Crippen LogP contribution is 2.42. The first-order valence-corrected chi connectivity index (χ1v) is 9.81. The fraction of sp³-hybridized carbons (Fsp3) is 0.304. The lowest BCUT2D eigenvalue weighted by molar-refractivity contribution is 0.0788. The van der Waals surface area contributed by atoms with Gasteiger partial charge in [0.1, 0.15) is 5.82 Å². The molecule has 2 atom stereocenters. The number of ether oxygens (including phenoxy) is 2. The van der Waals surface area contributed by atoms with Crippen molar-refractivity contribution in [2.45, 2.75) is 18.8 Å². The molecule has 0 bridgehead atoms. The number of carbonyl (C=O) groups is 1. The normalized spacial score (nSPS) is 18.3. The van der Waals surface area contributed by atoms with E-state index in [1.807, 2.05) is 36.1 Å². The summed E-state index contributed by atoms with van der Waals surface area (Å²) >= 11 is 0. The summed E-state index contributed by atoms with van der Waals surface area (Å²) in [5.74, 6) is 2.16. The lowest BCUT2D eigenvalue weighted by Gasteiger charge is -2.19. The molecule has 0 unspecified atom stereocenters. The monoisotopic (exact) mass is 404 g/mol. The van der Waals surface area contributed by atoms with Crippen LogP contribution in [0.5, 0.6) is 11.5 Å². The molecule has 3 heterocycles. The van der Waals surface area contributed by atoms with Gasteiger partial charge in [0.15, 0.2) is 11.5 Å². The molecule has 0 radical (unpaired) electrons. The van der Waals surface area contributed by atoms with E-state index in [2.05, 4.69) is 15.0 Å². The van der Waals surface area contributed by atoms with Crippen LogP contribution in [-0.4, -0.2) is 53.1 Å². The zero-order valence-corrected chi connectivity index (χ0v) is 17.3. The van der Waals surface area contributed by atoms with E-state index in [4.69, 9.17) is 9.47 Å². The molecule has 0 spiro atoms. The van der Waals surface area contributed by atoms with Crippen molar-refractivity contribution in [3.05, 3.63) is 77.6 Å². The number of aryl methyl sites for hydroxylation is 1. The Hall–Kier alpha value is -3.48. The van der Waals surface area contributed by atoms with Crippen LogP contribution >= 0.6 is 0 Å². The van der Waals surface area contributed by atoms with Gasteiger partial charge in [-0.15, -0.1) is 0 Å². The van der Waals surface area contributed by atoms with E-state index in [1.165, 1.54) is 0 Å². The Morgan fingerprint density at radius 1 is 1.03 bits per heavy atom. The predicted molar refractivity (Wildman–Crippen MR) is 112 cm³/mol. The number of methoxy groups -OCH3 is 2. The molecule has 0 aliphatic carbocycles. The van der Waals surface area contributed by atoms with Crippen LogP contribution in [0.15, 0.2) is 55.0 Å². The number of amides is 1. The topological polar surface area (TPSA) is 77.4 Å². The molecule has 1 aliphatic rings. The molecule has 154 valence electrons. The first-order valence-electron chi connectivity index (χ1n) is 9.81. The first-order chi connectivity index (χ1) is 14.6. The van der Waals surface area contributed by atoms with Gasteiger partial charge in [0.05, 0.1) is 19.8 Å². The Morgan fingerprint density at radius 2 is 1.83 bits per heavy atom. The van der Waals surface area contributed by atoms with Gasteiger partial charge in [0, 0.05) is 49.2 Å². The van der Waals surface area contributed by atoms with Crippen LogP contribution < -0.4 is 9.47 Å². The zero-order valence-electron chi connectivity index (χ0n) is 17.3. The Kier molecular flexibility index (Phi) is 5.61. The van der Waals surface area contributed by atoms with Crippen LogP contribution in [0.3, 0.4) is 0 Å². The average Bonchev–Trinajstić information content (AvgIpc) is 3.24. The molecule has 1 aromatic carbocycles. The van der Waals surface area contributed by atoms with Gasteiger partial charge in [-0.05, 0) is 42.8 Å². The lowest BCUT2D eigenvalue weighted by atomic mass is 9.86. The Morgan fingerprint density at radius 3 is 2.53 bits per heavy atom. The van der Waals surface area contributed by atoms with Crippen LogP contribution in [0.25, 0.3) is 0 Å². The summed E-state index contributed by atoms with van der Waals surface area (Å²) in [4.78, 5) is 27.9. The number of hydrogen-bond donors (Lipinski definition) is 0. The summed E-state index contributed by atoms with van der Waals surface area (Å²) in [5.41, 5.74) is 2.60.